The van der Waals surface area contributed by atoms with Crippen molar-refractivity contribution < 1.29 is 14.4 Å². The van der Waals surface area contributed by atoms with Gasteiger partial charge in [0.05, 0.1) is 0 Å². The zero-order chi connectivity index (χ0) is 15.8. The predicted octanol–water partition coefficient (Wildman–Crippen LogP) is 1.57. The molecule has 2 rings (SSSR count). The SMILES string of the molecule is C#CC(C)(C)N1C(=O)NC(=O)C(c2ccc(C)cc2)C1=O. The number of carbonyl (C=O) groups is 3. The number of hydrogen-bond donors (Lipinski definition) is 1. The second-order valence-electron chi connectivity index (χ2n) is 5.52. The molecule has 1 aliphatic heterocycles. The van der Waals surface area contributed by atoms with Crippen LogP contribution in [0.5, 0.6) is 0 Å². The second-order valence-corrected chi connectivity index (χ2v) is 5.52. The number of nitrogens with zero attached hydrogens (tertiary/aromatic N) is 1. The second kappa shape index (κ2) is 5.06. The van der Waals surface area contributed by atoms with E-state index in [1.54, 1.807) is 26.0 Å². The number of benzene rings is 1. The maximum Gasteiger partial charge on any atom is 0.332 e. The number of urea groups is 1. The Morgan fingerprint density at radius 2 is 1.76 bits per heavy atom. The lowest BCUT2D eigenvalue weighted by molar-refractivity contribution is -0.140. The van der Waals surface area contributed by atoms with Crippen LogP contribution in [-0.2, 0) is 9.59 Å². The van der Waals surface area contributed by atoms with Gasteiger partial charge in [-0.25, -0.2) is 9.69 Å². The molecule has 0 spiro atoms. The van der Waals surface area contributed by atoms with Gasteiger partial charge in [-0.1, -0.05) is 35.7 Å². The number of aryl methyl sites for hydroxylation is 1. The van der Waals surface area contributed by atoms with Gasteiger partial charge in [-0.2, -0.15) is 0 Å². The minimum absolute atomic E-state index is 0.536. The van der Waals surface area contributed by atoms with Gasteiger partial charge in [0.25, 0.3) is 0 Å². The van der Waals surface area contributed by atoms with Gasteiger partial charge in [-0.3, -0.25) is 14.9 Å². The number of carbonyl (C=O) groups excluding carboxylic acids is 3. The summed E-state index contributed by atoms with van der Waals surface area (Å²) >= 11 is 0. The minimum atomic E-state index is -1.11. The third kappa shape index (κ3) is 2.52. The zero-order valence-corrected chi connectivity index (χ0v) is 12.1. The highest BCUT2D eigenvalue weighted by Crippen LogP contribution is 2.27. The fourth-order valence-electron chi connectivity index (χ4n) is 2.22. The molecule has 0 aliphatic carbocycles. The number of hydrogen-bond acceptors (Lipinski definition) is 3. The van der Waals surface area contributed by atoms with E-state index in [4.69, 9.17) is 6.42 Å². The molecule has 0 saturated carbocycles. The van der Waals surface area contributed by atoms with Gasteiger partial charge >= 0.3 is 6.03 Å². The summed E-state index contributed by atoms with van der Waals surface area (Å²) in [5, 5.41) is 2.20. The van der Waals surface area contributed by atoms with E-state index in [0.717, 1.165) is 10.5 Å². The summed E-state index contributed by atoms with van der Waals surface area (Å²) in [6.07, 6.45) is 5.39. The summed E-state index contributed by atoms with van der Waals surface area (Å²) in [5.41, 5.74) is 0.442. The Bertz CT molecular complexity index is 653. The van der Waals surface area contributed by atoms with E-state index >= 15 is 0 Å². The molecule has 1 fully saturated rings. The topological polar surface area (TPSA) is 66.5 Å². The first kappa shape index (κ1) is 14.8. The van der Waals surface area contributed by atoms with E-state index in [9.17, 15) is 14.4 Å². The lowest BCUT2D eigenvalue weighted by Gasteiger charge is -2.38. The van der Waals surface area contributed by atoms with Crippen LogP contribution in [0.2, 0.25) is 0 Å². The number of nitrogens with one attached hydrogen (secondary N) is 1. The fraction of sp³-hybridized carbons (Fsp3) is 0.312. The van der Waals surface area contributed by atoms with E-state index in [2.05, 4.69) is 11.2 Å². The van der Waals surface area contributed by atoms with Gasteiger partial charge < -0.3 is 0 Å². The van der Waals surface area contributed by atoms with Crippen molar-refractivity contribution >= 4 is 17.8 Å². The van der Waals surface area contributed by atoms with Gasteiger partial charge in [0.1, 0.15) is 11.5 Å². The largest absolute Gasteiger partial charge is 0.332 e. The van der Waals surface area contributed by atoms with Crippen LogP contribution < -0.4 is 5.32 Å². The Labute approximate surface area is 123 Å². The highest BCUT2D eigenvalue weighted by molar-refractivity contribution is 6.19. The highest BCUT2D eigenvalue weighted by atomic mass is 16.2. The minimum Gasteiger partial charge on any atom is -0.277 e. The average molecular weight is 284 g/mol. The van der Waals surface area contributed by atoms with E-state index < -0.39 is 29.3 Å². The molecule has 5 heteroatoms. The molecule has 1 aromatic carbocycles. The van der Waals surface area contributed by atoms with Gasteiger partial charge in [-0.05, 0) is 26.3 Å². The van der Waals surface area contributed by atoms with Crippen molar-refractivity contribution in [2.24, 2.45) is 0 Å². The van der Waals surface area contributed by atoms with Crippen molar-refractivity contribution in [3.05, 3.63) is 35.4 Å². The Balaban J connectivity index is 2.45. The van der Waals surface area contributed by atoms with Crippen LogP contribution in [0, 0.1) is 19.3 Å². The maximum atomic E-state index is 12.6. The molecule has 1 atom stereocenters. The van der Waals surface area contributed by atoms with Crippen LogP contribution in [0.4, 0.5) is 4.79 Å². The first-order valence-electron chi connectivity index (χ1n) is 6.51. The third-order valence-electron chi connectivity index (χ3n) is 3.49. The van der Waals surface area contributed by atoms with Crippen LogP contribution in [0.15, 0.2) is 24.3 Å². The molecule has 0 radical (unpaired) electrons. The van der Waals surface area contributed by atoms with Crippen molar-refractivity contribution in [2.75, 3.05) is 0 Å². The molecule has 5 nitrogen and oxygen atoms in total. The fourth-order valence-corrected chi connectivity index (χ4v) is 2.22. The van der Waals surface area contributed by atoms with Gasteiger partial charge in [0, 0.05) is 0 Å². The summed E-state index contributed by atoms with van der Waals surface area (Å²) in [7, 11) is 0. The third-order valence-corrected chi connectivity index (χ3v) is 3.49. The van der Waals surface area contributed by atoms with Crippen molar-refractivity contribution in [3.8, 4) is 12.3 Å². The van der Waals surface area contributed by atoms with Gasteiger partial charge in [0.2, 0.25) is 11.8 Å². The molecule has 1 aromatic rings. The van der Waals surface area contributed by atoms with Crippen molar-refractivity contribution in [2.45, 2.75) is 32.2 Å². The Morgan fingerprint density at radius 1 is 1.19 bits per heavy atom. The molecule has 1 saturated heterocycles. The van der Waals surface area contributed by atoms with Crippen LogP contribution in [-0.4, -0.2) is 28.3 Å². The maximum absolute atomic E-state index is 12.6. The lowest BCUT2D eigenvalue weighted by atomic mass is 9.91. The quantitative estimate of drug-likeness (QED) is 0.662. The van der Waals surface area contributed by atoms with Crippen LogP contribution >= 0.6 is 0 Å². The van der Waals surface area contributed by atoms with E-state index in [1.165, 1.54) is 0 Å². The lowest BCUT2D eigenvalue weighted by Crippen LogP contribution is -2.62. The first-order valence-corrected chi connectivity index (χ1v) is 6.51. The summed E-state index contributed by atoms with van der Waals surface area (Å²) in [5.74, 6) is 0.113. The number of terminal acetylenes is 1. The molecule has 108 valence electrons. The molecule has 4 amide bonds. The van der Waals surface area contributed by atoms with Gasteiger partial charge in [0.15, 0.2) is 0 Å². The molecular formula is C16H16N2O3. The van der Waals surface area contributed by atoms with Gasteiger partial charge in [-0.15, -0.1) is 6.42 Å². The van der Waals surface area contributed by atoms with E-state index in [1.807, 2.05) is 19.1 Å². The average Bonchev–Trinajstić information content (AvgIpc) is 2.40. The van der Waals surface area contributed by atoms with Crippen LogP contribution in [0.3, 0.4) is 0 Å². The Morgan fingerprint density at radius 3 is 2.29 bits per heavy atom. The van der Waals surface area contributed by atoms with Crippen LogP contribution in [0.25, 0.3) is 0 Å². The predicted molar refractivity (Wildman–Crippen MR) is 77.2 cm³/mol. The van der Waals surface area contributed by atoms with E-state index in [-0.39, 0.29) is 0 Å². The summed E-state index contributed by atoms with van der Waals surface area (Å²) in [6, 6.07) is 6.24. The first-order chi connectivity index (χ1) is 9.77. The normalized spacial score (nSPS) is 19.2. The molecule has 1 aliphatic rings. The molecule has 0 bridgehead atoms. The number of amides is 4. The molecule has 21 heavy (non-hydrogen) atoms. The molecule has 1 N–H and O–H groups in total. The summed E-state index contributed by atoms with van der Waals surface area (Å²) < 4.78 is 0. The van der Waals surface area contributed by atoms with Crippen molar-refractivity contribution in [3.63, 3.8) is 0 Å². The van der Waals surface area contributed by atoms with E-state index in [0.29, 0.717) is 5.56 Å². The van der Waals surface area contributed by atoms with Crippen molar-refractivity contribution in [1.82, 2.24) is 10.2 Å². The number of barbiturate groups is 1. The zero-order valence-electron chi connectivity index (χ0n) is 12.1. The molecule has 0 aromatic heterocycles. The number of imide groups is 2. The Hall–Kier alpha value is -2.61. The van der Waals surface area contributed by atoms with Crippen LogP contribution in [0.1, 0.15) is 30.9 Å². The summed E-state index contributed by atoms with van der Waals surface area (Å²) in [4.78, 5) is 37.5. The molecule has 1 heterocycles. The number of rotatable bonds is 2. The van der Waals surface area contributed by atoms with Crippen molar-refractivity contribution in [1.29, 1.82) is 0 Å². The highest BCUT2D eigenvalue weighted by Gasteiger charge is 2.46. The molecule has 1 unspecified atom stereocenters. The molecular weight excluding hydrogens is 268 g/mol. The monoisotopic (exact) mass is 284 g/mol. The Kier molecular flexibility index (Phi) is 3.56. The standard InChI is InChI=1S/C16H16N2O3/c1-5-16(3,4)18-14(20)12(13(19)17-15(18)21)11-8-6-10(2)7-9-11/h1,6-9,12H,2-4H3,(H,17,19,21). The smallest absolute Gasteiger partial charge is 0.277 e. The summed E-state index contributed by atoms with van der Waals surface area (Å²) in [6.45, 7) is 5.06.